The van der Waals surface area contributed by atoms with Crippen LogP contribution in [-0.2, 0) is 0 Å². The Labute approximate surface area is 366 Å². The molecule has 296 valence electrons. The standard InChI is InChI=1S/C60H41N3/c1-40-52(39-53(43-18-5-2-6-19-43)61-60(40)44-20-7-3-8-21-44)42-36-34-41(35-37-42)48-28-16-33-57-58(48)51-27-12-14-31-55(51)63(57)47-25-15-22-45(38-47)49-29-17-32-56-59(49)50-26-11-13-30-54(50)62(56)46-23-9-4-10-24-46/h2-39H,1H3. The van der Waals surface area contributed by atoms with E-state index in [-0.39, 0.29) is 0 Å². The lowest BCUT2D eigenvalue weighted by molar-refractivity contribution is 1.18. The first-order valence-electron chi connectivity index (χ1n) is 21.6. The molecule has 0 atom stereocenters. The Bertz CT molecular complexity index is 3650. The third kappa shape index (κ3) is 6.08. The van der Waals surface area contributed by atoms with Crippen molar-refractivity contribution in [1.29, 1.82) is 0 Å². The first-order chi connectivity index (χ1) is 31.2. The minimum Gasteiger partial charge on any atom is -0.309 e. The number of nitrogens with zero attached hydrogens (tertiary/aromatic N) is 3. The maximum absolute atomic E-state index is 5.21. The fourth-order valence-electron chi connectivity index (χ4n) is 9.84. The highest BCUT2D eigenvalue weighted by Gasteiger charge is 2.20. The van der Waals surface area contributed by atoms with Crippen LogP contribution >= 0.6 is 0 Å². The summed E-state index contributed by atoms with van der Waals surface area (Å²) in [5, 5.41) is 4.99. The Hall–Kier alpha value is -8.27. The first-order valence-corrected chi connectivity index (χ1v) is 21.6. The van der Waals surface area contributed by atoms with Crippen LogP contribution in [0.25, 0.3) is 111 Å². The van der Waals surface area contributed by atoms with Gasteiger partial charge in [0.1, 0.15) is 0 Å². The zero-order valence-electron chi connectivity index (χ0n) is 34.8. The number of para-hydroxylation sites is 3. The van der Waals surface area contributed by atoms with E-state index in [1.807, 2.05) is 0 Å². The van der Waals surface area contributed by atoms with Crippen LogP contribution in [0.3, 0.4) is 0 Å². The van der Waals surface area contributed by atoms with Crippen molar-refractivity contribution in [2.75, 3.05) is 0 Å². The van der Waals surface area contributed by atoms with Crippen LogP contribution in [-0.4, -0.2) is 14.1 Å². The van der Waals surface area contributed by atoms with Crippen LogP contribution in [0.2, 0.25) is 0 Å². The summed E-state index contributed by atoms with van der Waals surface area (Å²) in [4.78, 5) is 5.21. The van der Waals surface area contributed by atoms with Gasteiger partial charge in [-0.25, -0.2) is 4.98 Å². The van der Waals surface area contributed by atoms with Crippen LogP contribution in [0.1, 0.15) is 5.56 Å². The molecule has 12 rings (SSSR count). The Balaban J connectivity index is 0.984. The molecular formula is C60H41N3. The SMILES string of the molecule is Cc1c(-c2ccc(-c3cccc4c3c3ccccc3n4-c3cccc(-c4cccc5c4c4ccccc4n5-c4ccccc4)c3)cc2)cc(-c2ccccc2)nc1-c1ccccc1. The number of pyridine rings is 1. The molecule has 3 heteroatoms. The normalized spacial score (nSPS) is 11.6. The van der Waals surface area contributed by atoms with Crippen molar-refractivity contribution in [3.63, 3.8) is 0 Å². The molecule has 12 aromatic rings. The molecule has 0 saturated heterocycles. The smallest absolute Gasteiger partial charge is 0.0744 e. The van der Waals surface area contributed by atoms with E-state index in [0.717, 1.165) is 33.9 Å². The van der Waals surface area contributed by atoms with Gasteiger partial charge in [-0.2, -0.15) is 0 Å². The van der Waals surface area contributed by atoms with Crippen molar-refractivity contribution in [2.45, 2.75) is 6.92 Å². The van der Waals surface area contributed by atoms with Crippen LogP contribution in [0.5, 0.6) is 0 Å². The highest BCUT2D eigenvalue weighted by atomic mass is 15.0. The molecule has 0 aliphatic heterocycles. The molecule has 0 aliphatic carbocycles. The number of hydrogen-bond donors (Lipinski definition) is 0. The van der Waals surface area contributed by atoms with Gasteiger partial charge in [0.2, 0.25) is 0 Å². The second kappa shape index (κ2) is 15.0. The molecule has 0 saturated carbocycles. The summed E-state index contributed by atoms with van der Waals surface area (Å²) in [7, 11) is 0. The number of aromatic nitrogens is 3. The van der Waals surface area contributed by atoms with Crippen molar-refractivity contribution in [3.8, 4) is 67.3 Å². The quantitative estimate of drug-likeness (QED) is 0.157. The Kier molecular flexibility index (Phi) is 8.72. The summed E-state index contributed by atoms with van der Waals surface area (Å²) in [6.45, 7) is 2.20. The highest BCUT2D eigenvalue weighted by Crippen LogP contribution is 2.42. The van der Waals surface area contributed by atoms with Gasteiger partial charge in [-0.15, -0.1) is 0 Å². The molecule has 0 radical (unpaired) electrons. The maximum Gasteiger partial charge on any atom is 0.0744 e. The number of benzene rings is 9. The largest absolute Gasteiger partial charge is 0.309 e. The van der Waals surface area contributed by atoms with Gasteiger partial charge in [0.15, 0.2) is 0 Å². The fraction of sp³-hybridized carbons (Fsp3) is 0.0167. The van der Waals surface area contributed by atoms with Crippen LogP contribution in [0.4, 0.5) is 0 Å². The predicted octanol–water partition coefficient (Wildman–Crippen LogP) is 15.9. The molecule has 9 aromatic carbocycles. The highest BCUT2D eigenvalue weighted by molar-refractivity contribution is 6.17. The van der Waals surface area contributed by atoms with E-state index in [1.54, 1.807) is 0 Å². The Morgan fingerprint density at radius 1 is 0.317 bits per heavy atom. The molecule has 0 fully saturated rings. The van der Waals surface area contributed by atoms with Crippen molar-refractivity contribution >= 4 is 43.6 Å². The van der Waals surface area contributed by atoms with E-state index in [9.17, 15) is 0 Å². The van der Waals surface area contributed by atoms with E-state index in [1.165, 1.54) is 82.6 Å². The van der Waals surface area contributed by atoms with E-state index in [2.05, 4.69) is 247 Å². The van der Waals surface area contributed by atoms with Crippen LogP contribution < -0.4 is 0 Å². The second-order valence-electron chi connectivity index (χ2n) is 16.3. The van der Waals surface area contributed by atoms with Gasteiger partial charge in [-0.3, -0.25) is 0 Å². The van der Waals surface area contributed by atoms with Crippen LogP contribution in [0.15, 0.2) is 231 Å². The lowest BCUT2D eigenvalue weighted by Crippen LogP contribution is -1.96. The molecule has 63 heavy (non-hydrogen) atoms. The van der Waals surface area contributed by atoms with Gasteiger partial charge < -0.3 is 9.13 Å². The molecular weight excluding hydrogens is 763 g/mol. The predicted molar refractivity (Wildman–Crippen MR) is 265 cm³/mol. The minimum atomic E-state index is 0.969. The number of hydrogen-bond acceptors (Lipinski definition) is 1. The molecule has 0 aliphatic rings. The van der Waals surface area contributed by atoms with E-state index >= 15 is 0 Å². The van der Waals surface area contributed by atoms with Gasteiger partial charge in [0.25, 0.3) is 0 Å². The Morgan fingerprint density at radius 3 is 1.38 bits per heavy atom. The Morgan fingerprint density at radius 2 is 0.762 bits per heavy atom. The number of rotatable bonds is 7. The fourth-order valence-corrected chi connectivity index (χ4v) is 9.84. The van der Waals surface area contributed by atoms with E-state index < -0.39 is 0 Å². The van der Waals surface area contributed by atoms with Gasteiger partial charge in [-0.1, -0.05) is 176 Å². The third-order valence-corrected chi connectivity index (χ3v) is 12.7. The molecule has 0 amide bonds. The summed E-state index contributed by atoms with van der Waals surface area (Å²) in [6, 6.07) is 83.2. The monoisotopic (exact) mass is 803 g/mol. The van der Waals surface area contributed by atoms with E-state index in [0.29, 0.717) is 0 Å². The van der Waals surface area contributed by atoms with Gasteiger partial charge in [0, 0.05) is 44.0 Å². The first kappa shape index (κ1) is 36.6. The maximum atomic E-state index is 5.21. The van der Waals surface area contributed by atoms with Gasteiger partial charge >= 0.3 is 0 Å². The average molecular weight is 804 g/mol. The lowest BCUT2D eigenvalue weighted by atomic mass is 9.92. The van der Waals surface area contributed by atoms with Crippen molar-refractivity contribution in [1.82, 2.24) is 14.1 Å². The van der Waals surface area contributed by atoms with Crippen molar-refractivity contribution < 1.29 is 0 Å². The molecule has 0 spiro atoms. The summed E-state index contributed by atoms with van der Waals surface area (Å²) in [5.74, 6) is 0. The van der Waals surface area contributed by atoms with Crippen molar-refractivity contribution in [3.05, 3.63) is 236 Å². The summed E-state index contributed by atoms with van der Waals surface area (Å²) in [6.07, 6.45) is 0. The second-order valence-corrected chi connectivity index (χ2v) is 16.3. The summed E-state index contributed by atoms with van der Waals surface area (Å²) < 4.78 is 4.83. The zero-order valence-corrected chi connectivity index (χ0v) is 34.8. The zero-order chi connectivity index (χ0) is 41.9. The van der Waals surface area contributed by atoms with Gasteiger partial charge in [-0.05, 0) is 100 Å². The number of fused-ring (bicyclic) bond motifs is 6. The van der Waals surface area contributed by atoms with Crippen molar-refractivity contribution in [2.24, 2.45) is 0 Å². The third-order valence-electron chi connectivity index (χ3n) is 12.7. The van der Waals surface area contributed by atoms with Gasteiger partial charge in [0.05, 0.1) is 33.5 Å². The lowest BCUT2D eigenvalue weighted by Gasteiger charge is -2.15. The summed E-state index contributed by atoms with van der Waals surface area (Å²) in [5.41, 5.74) is 19.6. The summed E-state index contributed by atoms with van der Waals surface area (Å²) >= 11 is 0. The molecule has 3 heterocycles. The van der Waals surface area contributed by atoms with E-state index in [4.69, 9.17) is 4.98 Å². The molecule has 3 aromatic heterocycles. The molecule has 0 N–H and O–H groups in total. The minimum absolute atomic E-state index is 0.969. The van der Waals surface area contributed by atoms with Crippen LogP contribution in [0, 0.1) is 6.92 Å². The molecule has 3 nitrogen and oxygen atoms in total. The molecule has 0 unspecified atom stereocenters. The topological polar surface area (TPSA) is 22.8 Å². The molecule has 0 bridgehead atoms. The average Bonchev–Trinajstić information content (AvgIpc) is 3.88.